The van der Waals surface area contributed by atoms with Gasteiger partial charge >= 0.3 is 5.97 Å². The van der Waals surface area contributed by atoms with Crippen LogP contribution in [0.15, 0.2) is 37.1 Å². The van der Waals surface area contributed by atoms with Crippen molar-refractivity contribution in [2.24, 2.45) is 0 Å². The molecule has 0 fully saturated rings. The van der Waals surface area contributed by atoms with Crippen molar-refractivity contribution < 1.29 is 9.90 Å². The van der Waals surface area contributed by atoms with Crippen LogP contribution in [0.25, 0.3) is 0 Å². The van der Waals surface area contributed by atoms with Crippen molar-refractivity contribution in [2.75, 3.05) is 0 Å². The number of carboxylic acids is 1. The molecule has 0 bridgehead atoms. The topological polar surface area (TPSA) is 91.8 Å². The second-order valence-corrected chi connectivity index (χ2v) is 2.18. The molecule has 0 amide bonds. The SMILES string of the molecule is O=C(O)c1ccn[nH]1.c1cncnc1. The van der Waals surface area contributed by atoms with E-state index in [-0.39, 0.29) is 5.69 Å². The molecule has 2 N–H and O–H groups in total. The number of hydrogen-bond donors (Lipinski definition) is 2. The van der Waals surface area contributed by atoms with E-state index in [0.717, 1.165) is 0 Å². The molecule has 0 aliphatic carbocycles. The summed E-state index contributed by atoms with van der Waals surface area (Å²) < 4.78 is 0. The molecule has 0 unspecified atom stereocenters. The Balaban J connectivity index is 0.000000146. The van der Waals surface area contributed by atoms with Gasteiger partial charge in [0.25, 0.3) is 0 Å². The zero-order chi connectivity index (χ0) is 10.2. The van der Waals surface area contributed by atoms with Crippen molar-refractivity contribution in [3.63, 3.8) is 0 Å². The second-order valence-electron chi connectivity index (χ2n) is 2.18. The molecule has 6 heteroatoms. The zero-order valence-electron chi connectivity index (χ0n) is 7.16. The lowest BCUT2D eigenvalue weighted by Crippen LogP contribution is -1.95. The van der Waals surface area contributed by atoms with Gasteiger partial charge in [0.05, 0.1) is 0 Å². The molecule has 0 aliphatic rings. The van der Waals surface area contributed by atoms with Gasteiger partial charge in [-0.2, -0.15) is 5.10 Å². The van der Waals surface area contributed by atoms with Gasteiger partial charge in [0.1, 0.15) is 12.0 Å². The number of carbonyl (C=O) groups is 1. The molecule has 2 aromatic heterocycles. The van der Waals surface area contributed by atoms with Crippen molar-refractivity contribution in [3.8, 4) is 0 Å². The van der Waals surface area contributed by atoms with Crippen molar-refractivity contribution in [3.05, 3.63) is 42.7 Å². The van der Waals surface area contributed by atoms with Crippen LogP contribution in [0.3, 0.4) is 0 Å². The van der Waals surface area contributed by atoms with Crippen LogP contribution in [0.1, 0.15) is 10.5 Å². The standard InChI is InChI=1S/C4H4N2O2.C4H4N2/c7-4(8)3-1-2-5-6-3;1-2-5-4-6-3-1/h1-2H,(H,5,6)(H,7,8);1-4H. The zero-order valence-corrected chi connectivity index (χ0v) is 7.16. The molecule has 72 valence electrons. The Labute approximate surface area is 79.7 Å². The first-order chi connectivity index (χ1) is 6.80. The van der Waals surface area contributed by atoms with Crippen LogP contribution in [-0.2, 0) is 0 Å². The van der Waals surface area contributed by atoms with Crippen LogP contribution in [0.5, 0.6) is 0 Å². The number of aromatic amines is 1. The van der Waals surface area contributed by atoms with Gasteiger partial charge in [0, 0.05) is 18.6 Å². The Morgan fingerprint density at radius 2 is 2.00 bits per heavy atom. The van der Waals surface area contributed by atoms with Crippen molar-refractivity contribution in [1.29, 1.82) is 0 Å². The highest BCUT2D eigenvalue weighted by Gasteiger charge is 1.99. The second kappa shape index (κ2) is 5.41. The summed E-state index contributed by atoms with van der Waals surface area (Å²) in [5, 5.41) is 13.9. The summed E-state index contributed by atoms with van der Waals surface area (Å²) >= 11 is 0. The van der Waals surface area contributed by atoms with Crippen molar-refractivity contribution in [1.82, 2.24) is 20.2 Å². The molecule has 14 heavy (non-hydrogen) atoms. The van der Waals surface area contributed by atoms with Crippen LogP contribution in [0.2, 0.25) is 0 Å². The molecule has 0 saturated heterocycles. The predicted molar refractivity (Wildman–Crippen MR) is 47.6 cm³/mol. The third kappa shape index (κ3) is 3.44. The summed E-state index contributed by atoms with van der Waals surface area (Å²) in [5.74, 6) is -0.984. The van der Waals surface area contributed by atoms with Crippen LogP contribution in [0.4, 0.5) is 0 Å². The monoisotopic (exact) mass is 192 g/mol. The van der Waals surface area contributed by atoms with E-state index in [1.54, 1.807) is 18.5 Å². The van der Waals surface area contributed by atoms with Gasteiger partial charge in [-0.05, 0) is 12.1 Å². The number of carboxylic acid groups (broad SMARTS) is 1. The highest BCUT2D eigenvalue weighted by atomic mass is 16.4. The van der Waals surface area contributed by atoms with Gasteiger partial charge in [-0.15, -0.1) is 0 Å². The minimum Gasteiger partial charge on any atom is -0.477 e. The first-order valence-corrected chi connectivity index (χ1v) is 3.73. The molecule has 0 saturated carbocycles. The van der Waals surface area contributed by atoms with E-state index < -0.39 is 5.97 Å². The van der Waals surface area contributed by atoms with E-state index >= 15 is 0 Å². The van der Waals surface area contributed by atoms with Gasteiger partial charge in [0.2, 0.25) is 0 Å². The molecule has 6 nitrogen and oxygen atoms in total. The molecule has 2 heterocycles. The highest BCUT2D eigenvalue weighted by Crippen LogP contribution is 1.87. The van der Waals surface area contributed by atoms with E-state index in [4.69, 9.17) is 5.11 Å². The molecule has 0 aromatic carbocycles. The van der Waals surface area contributed by atoms with Crippen LogP contribution in [-0.4, -0.2) is 31.2 Å². The first-order valence-electron chi connectivity index (χ1n) is 3.73. The fourth-order valence-corrected chi connectivity index (χ4v) is 0.628. The lowest BCUT2D eigenvalue weighted by molar-refractivity contribution is 0.0690. The van der Waals surface area contributed by atoms with Gasteiger partial charge in [-0.3, -0.25) is 5.10 Å². The Bertz CT molecular complexity index is 333. The average Bonchev–Trinajstić information content (AvgIpc) is 2.74. The summed E-state index contributed by atoms with van der Waals surface area (Å²) in [5.41, 5.74) is 0.116. The lowest BCUT2D eigenvalue weighted by atomic mass is 10.5. The van der Waals surface area contributed by atoms with Gasteiger partial charge in [-0.1, -0.05) is 0 Å². The van der Waals surface area contributed by atoms with E-state index in [9.17, 15) is 4.79 Å². The van der Waals surface area contributed by atoms with Crippen LogP contribution >= 0.6 is 0 Å². The Kier molecular flexibility index (Phi) is 3.81. The third-order valence-corrected chi connectivity index (χ3v) is 1.21. The van der Waals surface area contributed by atoms with Gasteiger partial charge < -0.3 is 5.11 Å². The average molecular weight is 192 g/mol. The van der Waals surface area contributed by atoms with E-state index in [1.807, 2.05) is 0 Å². The maximum absolute atomic E-state index is 9.99. The van der Waals surface area contributed by atoms with Gasteiger partial charge in [-0.25, -0.2) is 14.8 Å². The molecule has 2 rings (SSSR count). The number of aromatic carboxylic acids is 1. The highest BCUT2D eigenvalue weighted by molar-refractivity contribution is 5.84. The largest absolute Gasteiger partial charge is 0.477 e. The Morgan fingerprint density at radius 1 is 1.29 bits per heavy atom. The third-order valence-electron chi connectivity index (χ3n) is 1.21. The molecule has 2 aromatic rings. The summed E-state index contributed by atoms with van der Waals surface area (Å²) in [6.07, 6.45) is 6.27. The first kappa shape index (κ1) is 9.85. The number of H-pyrrole nitrogens is 1. The summed E-state index contributed by atoms with van der Waals surface area (Å²) in [4.78, 5) is 17.3. The number of nitrogens with one attached hydrogen (secondary N) is 1. The van der Waals surface area contributed by atoms with E-state index in [2.05, 4.69) is 20.2 Å². The van der Waals surface area contributed by atoms with Crippen molar-refractivity contribution >= 4 is 5.97 Å². The molecule has 0 radical (unpaired) electrons. The van der Waals surface area contributed by atoms with E-state index in [0.29, 0.717) is 0 Å². The summed E-state index contributed by atoms with van der Waals surface area (Å²) in [6, 6.07) is 3.17. The normalized spacial score (nSPS) is 8.57. The van der Waals surface area contributed by atoms with Crippen LogP contribution in [0, 0.1) is 0 Å². The molecule has 0 atom stereocenters. The number of hydrogen-bond acceptors (Lipinski definition) is 4. The summed E-state index contributed by atoms with van der Waals surface area (Å²) in [7, 11) is 0. The fourth-order valence-electron chi connectivity index (χ4n) is 0.628. The fraction of sp³-hybridized carbons (Fsp3) is 0. The number of nitrogens with zero attached hydrogens (tertiary/aromatic N) is 3. The van der Waals surface area contributed by atoms with Crippen molar-refractivity contribution in [2.45, 2.75) is 0 Å². The Hall–Kier alpha value is -2.24. The minimum atomic E-state index is -0.984. The van der Waals surface area contributed by atoms with Crippen LogP contribution < -0.4 is 0 Å². The van der Waals surface area contributed by atoms with E-state index in [1.165, 1.54) is 18.6 Å². The smallest absolute Gasteiger partial charge is 0.353 e. The van der Waals surface area contributed by atoms with Gasteiger partial charge in [0.15, 0.2) is 0 Å². The number of aromatic nitrogens is 4. The summed E-state index contributed by atoms with van der Waals surface area (Å²) in [6.45, 7) is 0. The maximum Gasteiger partial charge on any atom is 0.353 e. The number of rotatable bonds is 1. The molecular weight excluding hydrogens is 184 g/mol. The minimum absolute atomic E-state index is 0.116. The quantitative estimate of drug-likeness (QED) is 0.689. The molecule has 0 aliphatic heterocycles. The molecular formula is C8H8N4O2. The lowest BCUT2D eigenvalue weighted by Gasteiger charge is -1.79. The maximum atomic E-state index is 9.99. The predicted octanol–water partition coefficient (Wildman–Crippen LogP) is 0.584. The molecule has 0 spiro atoms. The Morgan fingerprint density at radius 3 is 2.21 bits per heavy atom.